The first-order chi connectivity index (χ1) is 11.6. The van der Waals surface area contributed by atoms with Crippen LogP contribution in [0.15, 0.2) is 4.52 Å². The SMILES string of the molecule is CC(=O)c1c(C)nn([C@@H](C)CC(=O)N(C)Cc2c(C)noc2C)c1C. The fraction of sp³-hybridized carbons (Fsp3) is 0.556. The molecule has 2 rings (SSSR count). The first kappa shape index (κ1) is 18.9. The van der Waals surface area contributed by atoms with Gasteiger partial charge in [-0.1, -0.05) is 5.16 Å². The highest BCUT2D eigenvalue weighted by atomic mass is 16.5. The zero-order valence-electron chi connectivity index (χ0n) is 16.0. The molecule has 1 atom stereocenters. The van der Waals surface area contributed by atoms with E-state index >= 15 is 0 Å². The number of carbonyl (C=O) groups excluding carboxylic acids is 2. The highest BCUT2D eigenvalue weighted by Crippen LogP contribution is 2.21. The lowest BCUT2D eigenvalue weighted by Gasteiger charge is -2.20. The molecule has 0 radical (unpaired) electrons. The van der Waals surface area contributed by atoms with Crippen molar-refractivity contribution in [3.63, 3.8) is 0 Å². The van der Waals surface area contributed by atoms with Gasteiger partial charge in [-0.05, 0) is 41.5 Å². The van der Waals surface area contributed by atoms with Crippen molar-refractivity contribution in [1.29, 1.82) is 0 Å². The number of hydrogen-bond donors (Lipinski definition) is 0. The van der Waals surface area contributed by atoms with E-state index in [9.17, 15) is 9.59 Å². The zero-order chi connectivity index (χ0) is 18.9. The molecule has 0 fully saturated rings. The summed E-state index contributed by atoms with van der Waals surface area (Å²) in [4.78, 5) is 26.0. The minimum absolute atomic E-state index is 0.00410. The van der Waals surface area contributed by atoms with E-state index in [-0.39, 0.29) is 17.7 Å². The Morgan fingerprint density at radius 1 is 1.20 bits per heavy atom. The Morgan fingerprint density at radius 2 is 1.84 bits per heavy atom. The van der Waals surface area contributed by atoms with Crippen molar-refractivity contribution >= 4 is 11.7 Å². The predicted molar refractivity (Wildman–Crippen MR) is 93.5 cm³/mol. The molecule has 2 aromatic heterocycles. The first-order valence-electron chi connectivity index (χ1n) is 8.35. The van der Waals surface area contributed by atoms with Gasteiger partial charge in [0.25, 0.3) is 0 Å². The molecule has 7 nitrogen and oxygen atoms in total. The van der Waals surface area contributed by atoms with Gasteiger partial charge in [-0.2, -0.15) is 5.10 Å². The van der Waals surface area contributed by atoms with Gasteiger partial charge < -0.3 is 9.42 Å². The molecule has 0 aliphatic heterocycles. The summed E-state index contributed by atoms with van der Waals surface area (Å²) in [5, 5.41) is 8.37. The quantitative estimate of drug-likeness (QED) is 0.751. The largest absolute Gasteiger partial charge is 0.361 e. The molecule has 0 saturated heterocycles. The topological polar surface area (TPSA) is 81.2 Å². The molecular formula is C18H26N4O3. The number of hydrogen-bond acceptors (Lipinski definition) is 5. The molecule has 25 heavy (non-hydrogen) atoms. The van der Waals surface area contributed by atoms with Crippen LogP contribution in [0.5, 0.6) is 0 Å². The van der Waals surface area contributed by atoms with Gasteiger partial charge in [0.15, 0.2) is 5.78 Å². The van der Waals surface area contributed by atoms with E-state index in [0.29, 0.717) is 24.2 Å². The molecule has 0 bridgehead atoms. The Balaban J connectivity index is 2.10. The molecular weight excluding hydrogens is 320 g/mol. The molecule has 136 valence electrons. The molecule has 2 heterocycles. The van der Waals surface area contributed by atoms with Crippen molar-refractivity contribution < 1.29 is 14.1 Å². The van der Waals surface area contributed by atoms with Gasteiger partial charge >= 0.3 is 0 Å². The number of rotatable bonds is 6. The lowest BCUT2D eigenvalue weighted by atomic mass is 10.1. The minimum atomic E-state index is -0.133. The van der Waals surface area contributed by atoms with Gasteiger partial charge in [0.05, 0.1) is 29.5 Å². The fourth-order valence-corrected chi connectivity index (χ4v) is 3.15. The van der Waals surface area contributed by atoms with Crippen molar-refractivity contribution in [1.82, 2.24) is 19.8 Å². The van der Waals surface area contributed by atoms with Crippen molar-refractivity contribution in [2.75, 3.05) is 7.05 Å². The van der Waals surface area contributed by atoms with Crippen LogP contribution in [-0.2, 0) is 11.3 Å². The second-order valence-electron chi connectivity index (χ2n) is 6.65. The van der Waals surface area contributed by atoms with Gasteiger partial charge in [0, 0.05) is 24.7 Å². The molecule has 0 unspecified atom stereocenters. The molecule has 0 aromatic carbocycles. The van der Waals surface area contributed by atoms with Crippen LogP contribution < -0.4 is 0 Å². The smallest absolute Gasteiger partial charge is 0.224 e. The summed E-state index contributed by atoms with van der Waals surface area (Å²) in [6, 6.07) is -0.133. The summed E-state index contributed by atoms with van der Waals surface area (Å²) in [7, 11) is 1.77. The Hall–Kier alpha value is -2.44. The minimum Gasteiger partial charge on any atom is -0.361 e. The molecule has 7 heteroatoms. The Labute approximate surface area is 148 Å². The molecule has 0 N–H and O–H groups in total. The Bertz CT molecular complexity index is 784. The van der Waals surface area contributed by atoms with E-state index in [0.717, 1.165) is 22.7 Å². The number of carbonyl (C=O) groups is 2. The summed E-state index contributed by atoms with van der Waals surface area (Å²) in [5.41, 5.74) is 3.89. The van der Waals surface area contributed by atoms with E-state index in [2.05, 4.69) is 10.3 Å². The second kappa shape index (κ2) is 7.21. The van der Waals surface area contributed by atoms with E-state index in [4.69, 9.17) is 4.52 Å². The number of amides is 1. The number of aromatic nitrogens is 3. The first-order valence-corrected chi connectivity index (χ1v) is 8.35. The maximum absolute atomic E-state index is 12.6. The van der Waals surface area contributed by atoms with Crippen LogP contribution in [0.1, 0.15) is 65.1 Å². The summed E-state index contributed by atoms with van der Waals surface area (Å²) in [6.07, 6.45) is 0.305. The van der Waals surface area contributed by atoms with Crippen LogP contribution in [0.25, 0.3) is 0 Å². The Morgan fingerprint density at radius 3 is 2.32 bits per heavy atom. The van der Waals surface area contributed by atoms with Crippen molar-refractivity contribution in [2.45, 2.75) is 60.5 Å². The molecule has 2 aromatic rings. The summed E-state index contributed by atoms with van der Waals surface area (Å²) >= 11 is 0. The van der Waals surface area contributed by atoms with Crippen molar-refractivity contribution in [3.8, 4) is 0 Å². The van der Waals surface area contributed by atoms with Crippen LogP contribution in [0.3, 0.4) is 0 Å². The average Bonchev–Trinajstić information content (AvgIpc) is 3.00. The van der Waals surface area contributed by atoms with Gasteiger partial charge in [-0.25, -0.2) is 0 Å². The lowest BCUT2D eigenvalue weighted by molar-refractivity contribution is -0.131. The highest BCUT2D eigenvalue weighted by Gasteiger charge is 2.22. The molecule has 0 aliphatic rings. The van der Waals surface area contributed by atoms with Gasteiger partial charge in [-0.15, -0.1) is 0 Å². The van der Waals surface area contributed by atoms with Crippen molar-refractivity contribution in [2.24, 2.45) is 0 Å². The third kappa shape index (κ3) is 3.81. The number of nitrogens with zero attached hydrogens (tertiary/aromatic N) is 4. The van der Waals surface area contributed by atoms with Crippen LogP contribution in [-0.4, -0.2) is 38.6 Å². The van der Waals surface area contributed by atoms with Gasteiger partial charge in [0.2, 0.25) is 5.91 Å². The highest BCUT2D eigenvalue weighted by molar-refractivity contribution is 5.96. The summed E-state index contributed by atoms with van der Waals surface area (Å²) in [5.74, 6) is 0.731. The number of Topliss-reactive ketones (excluding diaryl/α,β-unsaturated/α-hetero) is 1. The summed E-state index contributed by atoms with van der Waals surface area (Å²) in [6.45, 7) is 11.3. The Kier molecular flexibility index (Phi) is 5.45. The number of ketones is 1. The van der Waals surface area contributed by atoms with Crippen LogP contribution in [0.4, 0.5) is 0 Å². The monoisotopic (exact) mass is 346 g/mol. The van der Waals surface area contributed by atoms with Gasteiger partial charge in [0.1, 0.15) is 5.76 Å². The van der Waals surface area contributed by atoms with E-state index < -0.39 is 0 Å². The number of aryl methyl sites for hydroxylation is 3. The van der Waals surface area contributed by atoms with Crippen LogP contribution in [0, 0.1) is 27.7 Å². The zero-order valence-corrected chi connectivity index (χ0v) is 16.0. The maximum Gasteiger partial charge on any atom is 0.224 e. The average molecular weight is 346 g/mol. The normalized spacial score (nSPS) is 12.3. The molecule has 0 saturated carbocycles. The standard InChI is InChI=1S/C18H26N4O3/c1-10(22-13(4)18(14(5)23)12(3)19-22)8-17(24)21(7)9-16-11(2)20-25-15(16)6/h10H,8-9H2,1-7H3/t10-/m0/s1. The molecule has 1 amide bonds. The molecule has 0 aliphatic carbocycles. The van der Waals surface area contributed by atoms with Gasteiger partial charge in [-0.3, -0.25) is 14.3 Å². The van der Waals surface area contributed by atoms with E-state index in [1.807, 2.05) is 34.6 Å². The fourth-order valence-electron chi connectivity index (χ4n) is 3.15. The van der Waals surface area contributed by atoms with Crippen LogP contribution in [0.2, 0.25) is 0 Å². The maximum atomic E-state index is 12.6. The third-order valence-electron chi connectivity index (χ3n) is 4.57. The molecule has 0 spiro atoms. The summed E-state index contributed by atoms with van der Waals surface area (Å²) < 4.78 is 6.92. The predicted octanol–water partition coefficient (Wildman–Crippen LogP) is 2.92. The van der Waals surface area contributed by atoms with Crippen molar-refractivity contribution in [3.05, 3.63) is 34.0 Å². The lowest BCUT2D eigenvalue weighted by Crippen LogP contribution is -2.29. The van der Waals surface area contributed by atoms with E-state index in [1.165, 1.54) is 6.92 Å². The van der Waals surface area contributed by atoms with Crippen LogP contribution >= 0.6 is 0 Å². The third-order valence-corrected chi connectivity index (χ3v) is 4.57. The van der Waals surface area contributed by atoms with E-state index in [1.54, 1.807) is 16.6 Å². The second-order valence-corrected chi connectivity index (χ2v) is 6.65.